The zero-order chi connectivity index (χ0) is 15.5. The molecule has 23 heavy (non-hydrogen) atoms. The Labute approximate surface area is 157 Å². The van der Waals surface area contributed by atoms with E-state index in [-0.39, 0.29) is 24.0 Å². The molecule has 1 heterocycles. The van der Waals surface area contributed by atoms with Crippen LogP contribution in [0.1, 0.15) is 44.9 Å². The maximum atomic E-state index is 4.32. The molecule has 2 rings (SSSR count). The van der Waals surface area contributed by atoms with Crippen LogP contribution in [0, 0.1) is 0 Å². The van der Waals surface area contributed by atoms with Gasteiger partial charge in [-0.25, -0.2) is 4.98 Å². The van der Waals surface area contributed by atoms with E-state index in [1.807, 2.05) is 31.4 Å². The molecular weight excluding hydrogens is 401 g/mol. The van der Waals surface area contributed by atoms with Crippen molar-refractivity contribution in [1.82, 2.24) is 15.6 Å². The van der Waals surface area contributed by atoms with Gasteiger partial charge in [0.05, 0.1) is 0 Å². The Morgan fingerprint density at radius 1 is 1.17 bits per heavy atom. The van der Waals surface area contributed by atoms with Crippen LogP contribution in [0.15, 0.2) is 29.4 Å². The minimum atomic E-state index is 0. The van der Waals surface area contributed by atoms with Crippen molar-refractivity contribution in [2.24, 2.45) is 4.99 Å². The highest BCUT2D eigenvalue weighted by Gasteiger charge is 2.13. The van der Waals surface area contributed by atoms with E-state index in [2.05, 4.69) is 25.9 Å². The maximum Gasteiger partial charge on any atom is 0.191 e. The molecule has 3 N–H and O–H groups in total. The Morgan fingerprint density at radius 2 is 1.96 bits per heavy atom. The summed E-state index contributed by atoms with van der Waals surface area (Å²) in [5.41, 5.74) is 0. The van der Waals surface area contributed by atoms with Crippen molar-refractivity contribution in [3.05, 3.63) is 24.4 Å². The fraction of sp³-hybridized carbons (Fsp3) is 0.647. The lowest BCUT2D eigenvalue weighted by molar-refractivity contribution is 0.410. The Morgan fingerprint density at radius 3 is 2.65 bits per heavy atom. The number of nitrogens with zero attached hydrogens (tertiary/aromatic N) is 2. The monoisotopic (exact) mass is 431 g/mol. The van der Waals surface area contributed by atoms with Gasteiger partial charge in [-0.2, -0.15) is 0 Å². The summed E-state index contributed by atoms with van der Waals surface area (Å²) in [5, 5.41) is 10.3. The van der Waals surface area contributed by atoms with E-state index in [0.717, 1.165) is 37.7 Å². The second-order valence-electron chi connectivity index (χ2n) is 5.83. The second kappa shape index (κ2) is 12.4. The number of unbranched alkanes of at least 4 members (excludes halogenated alkanes) is 1. The van der Waals surface area contributed by atoms with E-state index in [1.54, 1.807) is 0 Å². The zero-order valence-corrected chi connectivity index (χ0v) is 16.4. The molecule has 0 unspecified atom stereocenters. The molecule has 1 fully saturated rings. The fourth-order valence-corrected chi connectivity index (χ4v) is 2.78. The van der Waals surface area contributed by atoms with Gasteiger partial charge in [0.2, 0.25) is 0 Å². The lowest BCUT2D eigenvalue weighted by Crippen LogP contribution is -2.44. The van der Waals surface area contributed by atoms with Crippen LogP contribution in [-0.4, -0.2) is 37.1 Å². The summed E-state index contributed by atoms with van der Waals surface area (Å²) in [7, 11) is 1.85. The SMILES string of the molecule is CN=C(NCCCCNc1ccccn1)NC1CCCCC1.I. The number of guanidine groups is 1. The second-order valence-corrected chi connectivity index (χ2v) is 5.83. The minimum Gasteiger partial charge on any atom is -0.370 e. The van der Waals surface area contributed by atoms with Gasteiger partial charge in [0.1, 0.15) is 5.82 Å². The molecule has 0 bridgehead atoms. The molecule has 0 atom stereocenters. The van der Waals surface area contributed by atoms with Crippen molar-refractivity contribution in [2.75, 3.05) is 25.5 Å². The number of aliphatic imine (C=N–C) groups is 1. The molecule has 6 heteroatoms. The largest absolute Gasteiger partial charge is 0.370 e. The van der Waals surface area contributed by atoms with Crippen LogP contribution in [0.2, 0.25) is 0 Å². The van der Waals surface area contributed by atoms with Gasteiger partial charge in [-0.15, -0.1) is 24.0 Å². The van der Waals surface area contributed by atoms with Gasteiger partial charge in [0.25, 0.3) is 0 Å². The van der Waals surface area contributed by atoms with Gasteiger partial charge in [-0.05, 0) is 37.8 Å². The summed E-state index contributed by atoms with van der Waals surface area (Å²) < 4.78 is 0. The van der Waals surface area contributed by atoms with Gasteiger partial charge < -0.3 is 16.0 Å². The Hall–Kier alpha value is -1.05. The topological polar surface area (TPSA) is 61.3 Å². The molecule has 0 amide bonds. The molecule has 0 spiro atoms. The Kier molecular flexibility index (Phi) is 10.8. The van der Waals surface area contributed by atoms with E-state index in [4.69, 9.17) is 0 Å². The van der Waals surface area contributed by atoms with Crippen LogP contribution in [0.4, 0.5) is 5.82 Å². The third kappa shape index (κ3) is 8.39. The van der Waals surface area contributed by atoms with Crippen LogP contribution in [0.3, 0.4) is 0 Å². The zero-order valence-electron chi connectivity index (χ0n) is 14.1. The summed E-state index contributed by atoms with van der Waals surface area (Å²) in [6.45, 7) is 1.91. The highest BCUT2D eigenvalue weighted by Crippen LogP contribution is 2.17. The molecule has 0 saturated heterocycles. The average Bonchev–Trinajstić information content (AvgIpc) is 2.58. The maximum absolute atomic E-state index is 4.32. The van der Waals surface area contributed by atoms with E-state index in [1.165, 1.54) is 32.1 Å². The van der Waals surface area contributed by atoms with Crippen molar-refractivity contribution in [3.8, 4) is 0 Å². The van der Waals surface area contributed by atoms with Crippen LogP contribution in [0.5, 0.6) is 0 Å². The molecule has 1 aliphatic carbocycles. The summed E-state index contributed by atoms with van der Waals surface area (Å²) >= 11 is 0. The first-order valence-electron chi connectivity index (χ1n) is 8.50. The minimum absolute atomic E-state index is 0. The smallest absolute Gasteiger partial charge is 0.191 e. The summed E-state index contributed by atoms with van der Waals surface area (Å²) in [6.07, 6.45) is 10.7. The van der Waals surface area contributed by atoms with Gasteiger partial charge in [-0.1, -0.05) is 25.3 Å². The number of halogens is 1. The van der Waals surface area contributed by atoms with E-state index in [0.29, 0.717) is 6.04 Å². The highest BCUT2D eigenvalue weighted by atomic mass is 127. The summed E-state index contributed by atoms with van der Waals surface area (Å²) in [5.74, 6) is 1.90. The fourth-order valence-electron chi connectivity index (χ4n) is 2.78. The molecule has 0 aromatic carbocycles. The Balaban J connectivity index is 0.00000264. The predicted octanol–water partition coefficient (Wildman–Crippen LogP) is 3.39. The van der Waals surface area contributed by atoms with Crippen LogP contribution < -0.4 is 16.0 Å². The van der Waals surface area contributed by atoms with E-state index < -0.39 is 0 Å². The normalized spacial score (nSPS) is 15.6. The third-order valence-electron chi connectivity index (χ3n) is 4.04. The first kappa shape index (κ1) is 20.0. The standard InChI is InChI=1S/C17H29N5.HI/c1-18-17(22-15-9-3-2-4-10-15)21-14-8-7-13-20-16-11-5-6-12-19-16;/h5-6,11-12,15H,2-4,7-10,13-14H2,1H3,(H,19,20)(H2,18,21,22);1H. The van der Waals surface area contributed by atoms with Crippen molar-refractivity contribution >= 4 is 35.8 Å². The quantitative estimate of drug-likeness (QED) is 0.268. The third-order valence-corrected chi connectivity index (χ3v) is 4.04. The number of anilines is 1. The summed E-state index contributed by atoms with van der Waals surface area (Å²) in [4.78, 5) is 8.56. The molecule has 130 valence electrons. The van der Waals surface area contributed by atoms with Crippen molar-refractivity contribution < 1.29 is 0 Å². The molecule has 1 aromatic rings. The first-order chi connectivity index (χ1) is 10.9. The molecule has 1 saturated carbocycles. The van der Waals surface area contributed by atoms with Gasteiger partial charge in [-0.3, -0.25) is 4.99 Å². The molecule has 1 aromatic heterocycles. The van der Waals surface area contributed by atoms with Gasteiger partial charge in [0, 0.05) is 32.4 Å². The Bertz CT molecular complexity index is 432. The number of nitrogens with one attached hydrogen (secondary N) is 3. The van der Waals surface area contributed by atoms with E-state index in [9.17, 15) is 0 Å². The highest BCUT2D eigenvalue weighted by molar-refractivity contribution is 14.0. The average molecular weight is 431 g/mol. The molecule has 1 aliphatic rings. The van der Waals surface area contributed by atoms with Crippen molar-refractivity contribution in [3.63, 3.8) is 0 Å². The van der Waals surface area contributed by atoms with E-state index >= 15 is 0 Å². The number of hydrogen-bond acceptors (Lipinski definition) is 3. The van der Waals surface area contributed by atoms with Crippen molar-refractivity contribution in [2.45, 2.75) is 51.0 Å². The molecular formula is C17H30IN5. The number of pyridine rings is 1. The number of hydrogen-bond donors (Lipinski definition) is 3. The lowest BCUT2D eigenvalue weighted by atomic mass is 9.96. The number of aromatic nitrogens is 1. The van der Waals surface area contributed by atoms with Crippen molar-refractivity contribution in [1.29, 1.82) is 0 Å². The molecule has 5 nitrogen and oxygen atoms in total. The summed E-state index contributed by atoms with van der Waals surface area (Å²) in [6, 6.07) is 6.53. The number of rotatable bonds is 7. The van der Waals surface area contributed by atoms with Crippen LogP contribution in [-0.2, 0) is 0 Å². The first-order valence-corrected chi connectivity index (χ1v) is 8.50. The predicted molar refractivity (Wildman–Crippen MR) is 109 cm³/mol. The van der Waals surface area contributed by atoms with Crippen LogP contribution in [0.25, 0.3) is 0 Å². The lowest BCUT2D eigenvalue weighted by Gasteiger charge is -2.24. The molecule has 0 aliphatic heterocycles. The molecule has 0 radical (unpaired) electrons. The van der Waals surface area contributed by atoms with Gasteiger partial charge >= 0.3 is 0 Å². The van der Waals surface area contributed by atoms with Crippen LogP contribution >= 0.6 is 24.0 Å². The van der Waals surface area contributed by atoms with Gasteiger partial charge in [0.15, 0.2) is 5.96 Å².